The first-order valence-electron chi connectivity index (χ1n) is 10.5. The van der Waals surface area contributed by atoms with Crippen molar-refractivity contribution >= 4 is 23.7 Å². The van der Waals surface area contributed by atoms with Crippen LogP contribution in [0.1, 0.15) is 13.3 Å². The van der Waals surface area contributed by atoms with E-state index in [1.807, 2.05) is 0 Å². The quantitative estimate of drug-likeness (QED) is 0.134. The van der Waals surface area contributed by atoms with Crippen LogP contribution in [0.5, 0.6) is 0 Å². The average Bonchev–Trinajstić information content (AvgIpc) is 3.27. The van der Waals surface area contributed by atoms with Gasteiger partial charge in [-0.15, -0.1) is 5.01 Å². The smallest absolute Gasteiger partial charge is 0.346 e. The maximum absolute atomic E-state index is 13.1. The number of ether oxygens (including phenoxy) is 2. The number of nitrogens with one attached hydrogen (secondary N) is 2. The topological polar surface area (TPSA) is 228 Å². The highest BCUT2D eigenvalue weighted by Gasteiger charge is 2.59. The van der Waals surface area contributed by atoms with Crippen LogP contribution in [0.3, 0.4) is 0 Å². The molecule has 16 heteroatoms. The molecule has 1 aromatic heterocycles. The minimum atomic E-state index is -2.74. The Bertz CT molecular complexity index is 891. The number of hydrogen-bond donors (Lipinski definition) is 7. The van der Waals surface area contributed by atoms with Crippen molar-refractivity contribution in [3.05, 3.63) is 6.20 Å². The van der Waals surface area contributed by atoms with Crippen molar-refractivity contribution in [2.75, 3.05) is 43.2 Å². The zero-order valence-corrected chi connectivity index (χ0v) is 18.2. The number of amides is 2. The summed E-state index contributed by atoms with van der Waals surface area (Å²) in [6, 6.07) is -1.39. The molecule has 2 aliphatic rings. The number of anilines is 1. The summed E-state index contributed by atoms with van der Waals surface area (Å²) in [6.07, 6.45) is -6.75. The first-order valence-corrected chi connectivity index (χ1v) is 10.5. The van der Waals surface area contributed by atoms with E-state index in [4.69, 9.17) is 14.0 Å². The van der Waals surface area contributed by atoms with E-state index in [0.29, 0.717) is 26.3 Å². The minimum Gasteiger partial charge on any atom is -0.479 e. The lowest BCUT2D eigenvalue weighted by Gasteiger charge is -2.45. The molecule has 6 atom stereocenters. The third-order valence-corrected chi connectivity index (χ3v) is 5.57. The highest BCUT2D eigenvalue weighted by molar-refractivity contribution is 6.11. The van der Waals surface area contributed by atoms with Crippen LogP contribution in [-0.2, 0) is 23.9 Å². The van der Waals surface area contributed by atoms with Gasteiger partial charge in [-0.3, -0.25) is 19.4 Å². The van der Waals surface area contributed by atoms with E-state index in [1.54, 1.807) is 5.01 Å². The average molecular weight is 490 g/mol. The second-order valence-corrected chi connectivity index (χ2v) is 7.96. The fourth-order valence-corrected chi connectivity index (χ4v) is 3.80. The van der Waals surface area contributed by atoms with Crippen molar-refractivity contribution in [3.8, 4) is 0 Å². The van der Waals surface area contributed by atoms with Gasteiger partial charge in [-0.1, -0.05) is 0 Å². The number of carbonyl (C=O) groups is 3. The molecule has 7 N–H and O–H groups in total. The van der Waals surface area contributed by atoms with Crippen LogP contribution in [-0.4, -0.2) is 118 Å². The van der Waals surface area contributed by atoms with Gasteiger partial charge in [0, 0.05) is 13.3 Å². The Kier molecular flexibility index (Phi) is 8.01. The predicted molar refractivity (Wildman–Crippen MR) is 107 cm³/mol. The largest absolute Gasteiger partial charge is 0.479 e. The first-order chi connectivity index (χ1) is 16.1. The lowest BCUT2D eigenvalue weighted by molar-refractivity contribution is -0.759. The summed E-state index contributed by atoms with van der Waals surface area (Å²) in [5.74, 6) is -3.94. The van der Waals surface area contributed by atoms with E-state index < -0.39 is 66.9 Å². The molecule has 0 bridgehead atoms. The molecule has 2 amide bonds. The molecule has 0 aliphatic carbocycles. The van der Waals surface area contributed by atoms with Crippen molar-refractivity contribution in [2.24, 2.45) is 0 Å². The second-order valence-electron chi connectivity index (χ2n) is 7.96. The fraction of sp³-hybridized carbons (Fsp3) is 0.722. The van der Waals surface area contributed by atoms with E-state index in [9.17, 15) is 39.9 Å². The molecule has 1 aromatic rings. The second kappa shape index (κ2) is 10.6. The summed E-state index contributed by atoms with van der Waals surface area (Å²) < 4.78 is 15.7. The van der Waals surface area contributed by atoms with Gasteiger partial charge >= 0.3 is 11.9 Å². The Labute approximate surface area is 192 Å². The molecule has 2 saturated heterocycles. The summed E-state index contributed by atoms with van der Waals surface area (Å²) in [5.41, 5.74) is -2.74. The van der Waals surface area contributed by atoms with Crippen molar-refractivity contribution in [2.45, 2.75) is 49.4 Å². The van der Waals surface area contributed by atoms with Gasteiger partial charge in [-0.25, -0.2) is 4.79 Å². The summed E-state index contributed by atoms with van der Waals surface area (Å²) in [6.45, 7) is 2.07. The van der Waals surface area contributed by atoms with Gasteiger partial charge in [-0.05, 0) is 0 Å². The third kappa shape index (κ3) is 5.26. The number of hydrogen-bond acceptors (Lipinski definition) is 12. The van der Waals surface area contributed by atoms with Gasteiger partial charge in [0.1, 0.15) is 18.3 Å². The Morgan fingerprint density at radius 3 is 2.59 bits per heavy atom. The number of carboxylic acid groups (broad SMARTS) is 1. The SMILES string of the molecule is CC(=O)N[C@H]1[C@H]([C@@H](O)[C@H](O)CO)O[C@@](C(=O)O)(C(=O)Nc2c[n+](N3CCOCC3)no2)C[C@@H]1O. The van der Waals surface area contributed by atoms with E-state index in [1.165, 1.54) is 11.0 Å². The lowest BCUT2D eigenvalue weighted by atomic mass is 9.83. The zero-order valence-electron chi connectivity index (χ0n) is 18.2. The van der Waals surface area contributed by atoms with Crippen LogP contribution in [0.25, 0.3) is 0 Å². The molecule has 190 valence electrons. The highest BCUT2D eigenvalue weighted by atomic mass is 16.6. The molecule has 2 aliphatic heterocycles. The summed E-state index contributed by atoms with van der Waals surface area (Å²) in [5, 5.41) is 60.0. The van der Waals surface area contributed by atoms with Gasteiger partial charge < -0.3 is 40.3 Å². The number of aliphatic hydroxyl groups is 4. The van der Waals surface area contributed by atoms with Gasteiger partial charge in [0.25, 0.3) is 12.1 Å². The van der Waals surface area contributed by atoms with E-state index in [-0.39, 0.29) is 5.88 Å². The molecule has 0 unspecified atom stereocenters. The third-order valence-electron chi connectivity index (χ3n) is 5.57. The maximum atomic E-state index is 13.1. The molecule has 0 radical (unpaired) electrons. The number of aliphatic hydroxyl groups excluding tert-OH is 4. The molecule has 0 aromatic carbocycles. The van der Waals surface area contributed by atoms with Crippen molar-refractivity contribution in [1.29, 1.82) is 0 Å². The minimum absolute atomic E-state index is 0.230. The Morgan fingerprint density at radius 1 is 1.32 bits per heavy atom. The van der Waals surface area contributed by atoms with E-state index >= 15 is 0 Å². The number of morpholine rings is 1. The molecule has 3 rings (SSSR count). The molecular weight excluding hydrogens is 462 g/mol. The number of aliphatic carboxylic acids is 1. The van der Waals surface area contributed by atoms with Crippen LogP contribution >= 0.6 is 0 Å². The number of carboxylic acids is 1. The maximum Gasteiger partial charge on any atom is 0.346 e. The van der Waals surface area contributed by atoms with Crippen LogP contribution in [0.15, 0.2) is 10.7 Å². The Hall–Kier alpha value is -2.89. The Morgan fingerprint density at radius 2 is 2.00 bits per heavy atom. The van der Waals surface area contributed by atoms with Crippen LogP contribution < -0.4 is 20.4 Å². The number of carbonyl (C=O) groups excluding carboxylic acids is 2. The number of aromatic nitrogens is 2. The highest BCUT2D eigenvalue weighted by Crippen LogP contribution is 2.33. The van der Waals surface area contributed by atoms with E-state index in [0.717, 1.165) is 6.92 Å². The van der Waals surface area contributed by atoms with Crippen molar-refractivity contribution < 1.29 is 58.7 Å². The normalized spacial score (nSPS) is 29.2. The first kappa shape index (κ1) is 25.7. The van der Waals surface area contributed by atoms with Gasteiger partial charge in [-0.2, -0.15) is 0 Å². The lowest BCUT2D eigenvalue weighted by Crippen LogP contribution is -2.69. The predicted octanol–water partition coefficient (Wildman–Crippen LogP) is -4.94. The molecular formula is C18H28N5O11+. The zero-order chi connectivity index (χ0) is 25.0. The summed E-state index contributed by atoms with van der Waals surface area (Å²) in [4.78, 5) is 38.1. The number of rotatable bonds is 8. The summed E-state index contributed by atoms with van der Waals surface area (Å²) in [7, 11) is 0. The molecule has 2 fully saturated rings. The molecule has 16 nitrogen and oxygen atoms in total. The van der Waals surface area contributed by atoms with Gasteiger partial charge in [0.15, 0.2) is 0 Å². The molecule has 3 heterocycles. The van der Waals surface area contributed by atoms with Gasteiger partial charge in [0.05, 0.1) is 49.8 Å². The van der Waals surface area contributed by atoms with Crippen LogP contribution in [0.4, 0.5) is 5.88 Å². The monoisotopic (exact) mass is 490 g/mol. The Balaban J connectivity index is 1.85. The van der Waals surface area contributed by atoms with Crippen molar-refractivity contribution in [3.63, 3.8) is 0 Å². The van der Waals surface area contributed by atoms with Crippen molar-refractivity contribution in [1.82, 2.24) is 10.6 Å². The van der Waals surface area contributed by atoms with Crippen LogP contribution in [0.2, 0.25) is 0 Å². The fourth-order valence-electron chi connectivity index (χ4n) is 3.80. The number of nitrogens with zero attached hydrogens (tertiary/aromatic N) is 3. The molecule has 0 spiro atoms. The van der Waals surface area contributed by atoms with E-state index in [2.05, 4.69) is 15.9 Å². The summed E-state index contributed by atoms with van der Waals surface area (Å²) >= 11 is 0. The van der Waals surface area contributed by atoms with Crippen LogP contribution in [0, 0.1) is 0 Å². The molecule has 34 heavy (non-hydrogen) atoms. The van der Waals surface area contributed by atoms with Gasteiger partial charge in [0.2, 0.25) is 16.8 Å². The molecule has 0 saturated carbocycles. The standard InChI is InChI=1S/C18H27N5O11/c1-9(25)19-13-10(26)6-18(17(30)31,33-15(13)14(28)11(27)8-24)16(29)20-12-7-23(21-34-12)22-2-4-32-5-3-22/h7,10-11,13-15,24,26-28H,2-6,8H2,1H3,(H2-,19,20,21,25,29,30,31)/p+1/t10-,11+,13+,14-,15+,18+/m0/s1.